The predicted octanol–water partition coefficient (Wildman–Crippen LogP) is 5.10. The van der Waals surface area contributed by atoms with E-state index in [1.54, 1.807) is 18.2 Å². The molecular weight excluding hydrogens is 365 g/mol. The quantitative estimate of drug-likeness (QED) is 0.659. The van der Waals surface area contributed by atoms with Gasteiger partial charge in [0.25, 0.3) is 0 Å². The fourth-order valence-electron chi connectivity index (χ4n) is 3.88. The summed E-state index contributed by atoms with van der Waals surface area (Å²) < 4.78 is 40.7. The molecule has 2 unspecified atom stereocenters. The number of aliphatic hydroxyl groups is 1. The van der Waals surface area contributed by atoms with E-state index in [1.165, 1.54) is 0 Å². The number of nitrogens with zero attached hydrogens (tertiary/aromatic N) is 1. The molecule has 2 atom stereocenters. The smallest absolute Gasteiger partial charge is 0.387 e. The standard InChI is InChI=1S/C22H21F3N2O/c23-22(24,25)19-13-17(21(28)18-11-4-5-12-26-18)16-10-6-9-15(20(16)27-19)14-7-2-1-3-8-14/h1-3,6-10,13,18,21,26,28H,4-5,11-12H2. The normalized spacial score (nSPS) is 18.9. The van der Waals surface area contributed by atoms with Crippen LogP contribution in [0.4, 0.5) is 13.2 Å². The van der Waals surface area contributed by atoms with E-state index in [0.717, 1.165) is 37.4 Å². The lowest BCUT2D eigenvalue weighted by atomic mass is 9.91. The summed E-state index contributed by atoms with van der Waals surface area (Å²) in [7, 11) is 0. The monoisotopic (exact) mass is 386 g/mol. The van der Waals surface area contributed by atoms with Gasteiger partial charge in [0, 0.05) is 17.0 Å². The van der Waals surface area contributed by atoms with Crippen molar-refractivity contribution in [1.82, 2.24) is 10.3 Å². The molecule has 0 radical (unpaired) electrons. The number of fused-ring (bicyclic) bond motifs is 1. The first kappa shape index (κ1) is 18.9. The number of rotatable bonds is 3. The van der Waals surface area contributed by atoms with Crippen LogP contribution >= 0.6 is 0 Å². The Morgan fingerprint density at radius 1 is 1.04 bits per heavy atom. The lowest BCUT2D eigenvalue weighted by Crippen LogP contribution is -2.39. The number of nitrogens with one attached hydrogen (secondary N) is 1. The number of piperidine rings is 1. The van der Waals surface area contributed by atoms with E-state index < -0.39 is 18.0 Å². The lowest BCUT2D eigenvalue weighted by molar-refractivity contribution is -0.141. The average Bonchev–Trinajstić information content (AvgIpc) is 2.72. The lowest BCUT2D eigenvalue weighted by Gasteiger charge is -2.29. The molecule has 0 spiro atoms. The summed E-state index contributed by atoms with van der Waals surface area (Å²) in [4.78, 5) is 3.95. The molecule has 2 heterocycles. The Balaban J connectivity index is 1.93. The highest BCUT2D eigenvalue weighted by molar-refractivity contribution is 5.95. The Bertz CT molecular complexity index is 967. The first-order valence-electron chi connectivity index (χ1n) is 9.43. The van der Waals surface area contributed by atoms with Gasteiger partial charge in [0.2, 0.25) is 0 Å². The first-order valence-corrected chi connectivity index (χ1v) is 9.43. The topological polar surface area (TPSA) is 45.2 Å². The van der Waals surface area contributed by atoms with Crippen LogP contribution in [0.25, 0.3) is 22.0 Å². The van der Waals surface area contributed by atoms with Gasteiger partial charge in [-0.25, -0.2) is 4.98 Å². The molecule has 0 amide bonds. The zero-order chi connectivity index (χ0) is 19.7. The largest absolute Gasteiger partial charge is 0.433 e. The van der Waals surface area contributed by atoms with Crippen molar-refractivity contribution in [2.45, 2.75) is 37.6 Å². The van der Waals surface area contributed by atoms with Gasteiger partial charge < -0.3 is 10.4 Å². The third-order valence-electron chi connectivity index (χ3n) is 5.29. The average molecular weight is 386 g/mol. The Labute approximate surface area is 161 Å². The minimum absolute atomic E-state index is 0.258. The van der Waals surface area contributed by atoms with Gasteiger partial charge in [0.1, 0.15) is 5.69 Å². The number of benzene rings is 2. The van der Waals surface area contributed by atoms with Crippen molar-refractivity contribution in [3.8, 4) is 11.1 Å². The number of pyridine rings is 1. The van der Waals surface area contributed by atoms with Gasteiger partial charge in [-0.1, -0.05) is 55.0 Å². The summed E-state index contributed by atoms with van der Waals surface area (Å²) in [5.74, 6) is 0. The predicted molar refractivity (Wildman–Crippen MR) is 103 cm³/mol. The molecule has 1 aromatic heterocycles. The van der Waals surface area contributed by atoms with Crippen molar-refractivity contribution in [3.05, 3.63) is 65.9 Å². The molecule has 4 rings (SSSR count). The fourth-order valence-corrected chi connectivity index (χ4v) is 3.88. The second kappa shape index (κ2) is 7.53. The molecule has 28 heavy (non-hydrogen) atoms. The van der Waals surface area contributed by atoms with Gasteiger partial charge in [-0.15, -0.1) is 0 Å². The Morgan fingerprint density at radius 2 is 1.82 bits per heavy atom. The van der Waals surface area contributed by atoms with Crippen molar-refractivity contribution in [2.75, 3.05) is 6.54 Å². The highest BCUT2D eigenvalue weighted by Gasteiger charge is 2.35. The second-order valence-electron chi connectivity index (χ2n) is 7.16. The molecule has 1 saturated heterocycles. The number of aliphatic hydroxyl groups excluding tert-OH is 1. The van der Waals surface area contributed by atoms with Crippen molar-refractivity contribution in [3.63, 3.8) is 0 Å². The molecule has 2 N–H and O–H groups in total. The summed E-state index contributed by atoms with van der Waals surface area (Å²) >= 11 is 0. The molecule has 1 fully saturated rings. The third-order valence-corrected chi connectivity index (χ3v) is 5.29. The van der Waals surface area contributed by atoms with Crippen LogP contribution in [-0.2, 0) is 6.18 Å². The van der Waals surface area contributed by atoms with Gasteiger partial charge in [0.15, 0.2) is 0 Å². The van der Waals surface area contributed by atoms with E-state index in [4.69, 9.17) is 0 Å². The highest BCUT2D eigenvalue weighted by atomic mass is 19.4. The maximum Gasteiger partial charge on any atom is 0.433 e. The first-order chi connectivity index (χ1) is 13.4. The van der Waals surface area contributed by atoms with Crippen LogP contribution in [0.1, 0.15) is 36.6 Å². The molecule has 0 aliphatic carbocycles. The Kier molecular flexibility index (Phi) is 5.08. The van der Waals surface area contributed by atoms with Crippen LogP contribution in [0.15, 0.2) is 54.6 Å². The zero-order valence-corrected chi connectivity index (χ0v) is 15.2. The molecule has 1 aliphatic rings. The Morgan fingerprint density at radius 3 is 2.50 bits per heavy atom. The maximum absolute atomic E-state index is 13.6. The van der Waals surface area contributed by atoms with Crippen LogP contribution < -0.4 is 5.32 Å². The van der Waals surface area contributed by atoms with E-state index in [2.05, 4.69) is 10.3 Å². The van der Waals surface area contributed by atoms with Crippen molar-refractivity contribution >= 4 is 10.9 Å². The highest BCUT2D eigenvalue weighted by Crippen LogP contribution is 2.38. The van der Waals surface area contributed by atoms with Crippen molar-refractivity contribution < 1.29 is 18.3 Å². The van der Waals surface area contributed by atoms with Crippen LogP contribution in [0.5, 0.6) is 0 Å². The van der Waals surface area contributed by atoms with E-state index >= 15 is 0 Å². The zero-order valence-electron chi connectivity index (χ0n) is 15.2. The number of hydrogen-bond donors (Lipinski definition) is 2. The number of halogens is 3. The van der Waals surface area contributed by atoms with Gasteiger partial charge in [0.05, 0.1) is 11.6 Å². The summed E-state index contributed by atoms with van der Waals surface area (Å²) in [6.07, 6.45) is -2.94. The van der Waals surface area contributed by atoms with E-state index in [1.807, 2.05) is 30.3 Å². The third kappa shape index (κ3) is 3.62. The second-order valence-corrected chi connectivity index (χ2v) is 7.16. The van der Waals surface area contributed by atoms with E-state index in [0.29, 0.717) is 10.9 Å². The van der Waals surface area contributed by atoms with Gasteiger partial charge >= 0.3 is 6.18 Å². The molecule has 3 nitrogen and oxygen atoms in total. The maximum atomic E-state index is 13.6. The summed E-state index contributed by atoms with van der Waals surface area (Å²) in [6.45, 7) is 0.756. The Hall–Kier alpha value is -2.44. The minimum Gasteiger partial charge on any atom is -0.387 e. The number of hydrogen-bond acceptors (Lipinski definition) is 3. The number of alkyl halides is 3. The molecule has 2 aromatic carbocycles. The van der Waals surface area contributed by atoms with Crippen LogP contribution in [0.2, 0.25) is 0 Å². The fraction of sp³-hybridized carbons (Fsp3) is 0.318. The molecule has 6 heteroatoms. The molecule has 146 valence electrons. The van der Waals surface area contributed by atoms with Gasteiger partial charge in [-0.05, 0) is 36.6 Å². The van der Waals surface area contributed by atoms with Gasteiger partial charge in [-0.3, -0.25) is 0 Å². The van der Waals surface area contributed by atoms with Crippen LogP contribution in [0, 0.1) is 0 Å². The van der Waals surface area contributed by atoms with Crippen LogP contribution in [0.3, 0.4) is 0 Å². The molecule has 1 aliphatic heterocycles. The van der Waals surface area contributed by atoms with E-state index in [-0.39, 0.29) is 17.1 Å². The minimum atomic E-state index is -4.59. The SMILES string of the molecule is OC(c1cc(C(F)(F)F)nc2c(-c3ccccc3)cccc12)C1CCCCN1. The molecule has 0 bridgehead atoms. The summed E-state index contributed by atoms with van der Waals surface area (Å²) in [5.41, 5.74) is 0.960. The summed E-state index contributed by atoms with van der Waals surface area (Å²) in [6, 6.07) is 15.2. The molecule has 0 saturated carbocycles. The van der Waals surface area contributed by atoms with Crippen molar-refractivity contribution in [2.24, 2.45) is 0 Å². The summed E-state index contributed by atoms with van der Waals surface area (Å²) in [5, 5.41) is 14.7. The number of para-hydroxylation sites is 1. The molecule has 3 aromatic rings. The molecular formula is C22H21F3N2O. The number of aromatic nitrogens is 1. The van der Waals surface area contributed by atoms with Crippen LogP contribution in [-0.4, -0.2) is 22.7 Å². The van der Waals surface area contributed by atoms with E-state index in [9.17, 15) is 18.3 Å². The van der Waals surface area contributed by atoms with Gasteiger partial charge in [-0.2, -0.15) is 13.2 Å². The van der Waals surface area contributed by atoms with Crippen molar-refractivity contribution in [1.29, 1.82) is 0 Å².